The van der Waals surface area contributed by atoms with E-state index < -0.39 is 9.84 Å². The number of fused-ring (bicyclic) bond motifs is 2. The van der Waals surface area contributed by atoms with E-state index in [2.05, 4.69) is 17.0 Å². The van der Waals surface area contributed by atoms with E-state index in [0.29, 0.717) is 11.5 Å². The van der Waals surface area contributed by atoms with Crippen LogP contribution in [0.5, 0.6) is 0 Å². The smallest absolute Gasteiger partial charge is 0.153 e. The van der Waals surface area contributed by atoms with E-state index in [4.69, 9.17) is 0 Å². The van der Waals surface area contributed by atoms with Crippen molar-refractivity contribution in [2.45, 2.75) is 25.0 Å². The Labute approximate surface area is 96.0 Å². The maximum absolute atomic E-state index is 11.5. The lowest BCUT2D eigenvalue weighted by Gasteiger charge is -2.52. The summed E-state index contributed by atoms with van der Waals surface area (Å²) >= 11 is 0. The van der Waals surface area contributed by atoms with Crippen LogP contribution in [0.3, 0.4) is 0 Å². The van der Waals surface area contributed by atoms with Gasteiger partial charge in [-0.1, -0.05) is 30.3 Å². The minimum absolute atomic E-state index is 0.268. The first-order chi connectivity index (χ1) is 7.64. The molecule has 2 atom stereocenters. The van der Waals surface area contributed by atoms with Gasteiger partial charge < -0.3 is 0 Å². The fraction of sp³-hybridized carbons (Fsp3) is 0.500. The first-order valence-electron chi connectivity index (χ1n) is 5.64. The van der Waals surface area contributed by atoms with Crippen molar-refractivity contribution in [3.63, 3.8) is 0 Å². The van der Waals surface area contributed by atoms with Gasteiger partial charge in [0.25, 0.3) is 0 Å². The molecule has 1 aromatic rings. The standard InChI is InChI=1S/C12H15NO2S/c14-16(15)8-11-6-12(9-16)13(11)7-10-4-2-1-3-5-10/h1-5,11-12H,6-9H2. The lowest BCUT2D eigenvalue weighted by Crippen LogP contribution is -2.64. The first-order valence-corrected chi connectivity index (χ1v) is 7.46. The zero-order valence-corrected chi connectivity index (χ0v) is 9.86. The molecule has 1 aromatic carbocycles. The summed E-state index contributed by atoms with van der Waals surface area (Å²) in [7, 11) is -2.75. The first kappa shape index (κ1) is 10.3. The van der Waals surface area contributed by atoms with Crippen molar-refractivity contribution in [1.29, 1.82) is 0 Å². The van der Waals surface area contributed by atoms with Crippen LogP contribution >= 0.6 is 0 Å². The van der Waals surface area contributed by atoms with Gasteiger partial charge in [-0.25, -0.2) is 8.42 Å². The third-order valence-electron chi connectivity index (χ3n) is 3.58. The molecule has 3 nitrogen and oxygen atoms in total. The van der Waals surface area contributed by atoms with E-state index >= 15 is 0 Å². The molecule has 3 saturated heterocycles. The van der Waals surface area contributed by atoms with Crippen molar-refractivity contribution < 1.29 is 8.42 Å². The molecule has 0 radical (unpaired) electrons. The molecular weight excluding hydrogens is 222 g/mol. The summed E-state index contributed by atoms with van der Waals surface area (Å²) in [5.41, 5.74) is 1.27. The van der Waals surface area contributed by atoms with Crippen LogP contribution in [0.15, 0.2) is 30.3 Å². The van der Waals surface area contributed by atoms with Crippen molar-refractivity contribution >= 4 is 9.84 Å². The normalized spacial score (nSPS) is 32.0. The Balaban J connectivity index is 1.72. The van der Waals surface area contributed by atoms with Crippen LogP contribution in [0.1, 0.15) is 12.0 Å². The van der Waals surface area contributed by atoms with Crippen LogP contribution in [0.2, 0.25) is 0 Å². The molecule has 86 valence electrons. The largest absolute Gasteiger partial charge is 0.291 e. The number of nitrogens with zero attached hydrogens (tertiary/aromatic N) is 1. The van der Waals surface area contributed by atoms with E-state index in [1.54, 1.807) is 0 Å². The lowest BCUT2D eigenvalue weighted by atomic mass is 9.94. The average molecular weight is 237 g/mol. The molecule has 3 fully saturated rings. The number of hydrogen-bond donors (Lipinski definition) is 0. The van der Waals surface area contributed by atoms with Crippen molar-refractivity contribution in [3.8, 4) is 0 Å². The average Bonchev–Trinajstić information content (AvgIpc) is 2.26. The van der Waals surface area contributed by atoms with Crippen LogP contribution in [-0.2, 0) is 16.4 Å². The molecule has 0 spiro atoms. The number of sulfone groups is 1. The summed E-state index contributed by atoms with van der Waals surface area (Å²) in [4.78, 5) is 2.33. The third-order valence-corrected chi connectivity index (χ3v) is 5.37. The summed E-state index contributed by atoms with van der Waals surface area (Å²) in [5, 5.41) is 0. The molecule has 3 aliphatic rings. The van der Waals surface area contributed by atoms with Gasteiger partial charge >= 0.3 is 0 Å². The maximum atomic E-state index is 11.5. The molecule has 3 heterocycles. The second kappa shape index (κ2) is 3.57. The van der Waals surface area contributed by atoms with Gasteiger partial charge in [0.15, 0.2) is 9.84 Å². The molecule has 0 aromatic heterocycles. The van der Waals surface area contributed by atoms with E-state index in [1.807, 2.05) is 18.2 Å². The number of hydrogen-bond acceptors (Lipinski definition) is 3. The Morgan fingerprint density at radius 1 is 1.12 bits per heavy atom. The minimum atomic E-state index is -2.75. The van der Waals surface area contributed by atoms with Crippen LogP contribution < -0.4 is 0 Å². The molecule has 2 bridgehead atoms. The molecule has 4 rings (SSSR count). The SMILES string of the molecule is O=S1(=O)CC2CC(C1)N2Cc1ccccc1. The molecule has 0 amide bonds. The summed E-state index contributed by atoms with van der Waals surface area (Å²) < 4.78 is 22.9. The van der Waals surface area contributed by atoms with Crippen molar-refractivity contribution in [1.82, 2.24) is 4.90 Å². The van der Waals surface area contributed by atoms with Crippen LogP contribution in [0.25, 0.3) is 0 Å². The molecule has 16 heavy (non-hydrogen) atoms. The van der Waals surface area contributed by atoms with Crippen LogP contribution in [0.4, 0.5) is 0 Å². The predicted molar refractivity (Wildman–Crippen MR) is 62.8 cm³/mol. The lowest BCUT2D eigenvalue weighted by molar-refractivity contribution is 0.0248. The molecule has 0 N–H and O–H groups in total. The Morgan fingerprint density at radius 3 is 2.38 bits per heavy atom. The molecule has 0 saturated carbocycles. The predicted octanol–water partition coefficient (Wildman–Crippen LogP) is 1.06. The second-order valence-corrected chi connectivity index (χ2v) is 6.93. The van der Waals surface area contributed by atoms with Gasteiger partial charge in [-0.3, -0.25) is 4.90 Å². The van der Waals surface area contributed by atoms with Gasteiger partial charge in [0.2, 0.25) is 0 Å². The van der Waals surface area contributed by atoms with Gasteiger partial charge in [0.05, 0.1) is 11.5 Å². The van der Waals surface area contributed by atoms with E-state index in [1.165, 1.54) is 5.56 Å². The van der Waals surface area contributed by atoms with Gasteiger partial charge in [-0.2, -0.15) is 0 Å². The van der Waals surface area contributed by atoms with Crippen LogP contribution in [0, 0.1) is 0 Å². The summed E-state index contributed by atoms with van der Waals surface area (Å²) in [6, 6.07) is 10.8. The van der Waals surface area contributed by atoms with E-state index in [9.17, 15) is 8.42 Å². The highest BCUT2D eigenvalue weighted by atomic mass is 32.2. The molecule has 4 heteroatoms. The zero-order valence-electron chi connectivity index (χ0n) is 9.04. The molecule has 0 aliphatic carbocycles. The quantitative estimate of drug-likeness (QED) is 0.772. The minimum Gasteiger partial charge on any atom is -0.291 e. The number of rotatable bonds is 2. The van der Waals surface area contributed by atoms with Crippen molar-refractivity contribution in [3.05, 3.63) is 35.9 Å². The Hall–Kier alpha value is -0.870. The third kappa shape index (κ3) is 1.76. The highest BCUT2D eigenvalue weighted by Crippen LogP contribution is 2.34. The Morgan fingerprint density at radius 2 is 1.75 bits per heavy atom. The van der Waals surface area contributed by atoms with Gasteiger partial charge in [0, 0.05) is 18.6 Å². The topological polar surface area (TPSA) is 37.4 Å². The van der Waals surface area contributed by atoms with Crippen molar-refractivity contribution in [2.24, 2.45) is 0 Å². The molecule has 2 unspecified atom stereocenters. The molecular formula is C12H15NO2S. The highest BCUT2D eigenvalue weighted by molar-refractivity contribution is 7.91. The van der Waals surface area contributed by atoms with Gasteiger partial charge in [-0.15, -0.1) is 0 Å². The maximum Gasteiger partial charge on any atom is 0.153 e. The van der Waals surface area contributed by atoms with E-state index in [0.717, 1.165) is 13.0 Å². The van der Waals surface area contributed by atoms with Crippen LogP contribution in [-0.4, -0.2) is 36.9 Å². The van der Waals surface area contributed by atoms with E-state index in [-0.39, 0.29) is 12.1 Å². The summed E-state index contributed by atoms with van der Waals surface area (Å²) in [5.74, 6) is 0.715. The summed E-state index contributed by atoms with van der Waals surface area (Å²) in [6.45, 7) is 0.895. The zero-order chi connectivity index (χ0) is 11.2. The Kier molecular flexibility index (Phi) is 2.30. The molecule has 3 aliphatic heterocycles. The highest BCUT2D eigenvalue weighted by Gasteiger charge is 2.47. The van der Waals surface area contributed by atoms with Gasteiger partial charge in [0.1, 0.15) is 0 Å². The fourth-order valence-corrected chi connectivity index (χ4v) is 4.74. The summed E-state index contributed by atoms with van der Waals surface area (Å²) in [6.07, 6.45) is 1.06. The Bertz CT molecular complexity index is 465. The fourth-order valence-electron chi connectivity index (χ4n) is 2.78. The monoisotopic (exact) mass is 237 g/mol. The van der Waals surface area contributed by atoms with Gasteiger partial charge in [-0.05, 0) is 12.0 Å². The second-order valence-electron chi connectivity index (χ2n) is 4.78. The van der Waals surface area contributed by atoms with Crippen molar-refractivity contribution in [2.75, 3.05) is 11.5 Å². The number of benzene rings is 1.